The number of halogens is 3. The van der Waals surface area contributed by atoms with Crippen molar-refractivity contribution < 1.29 is 22.4 Å². The van der Waals surface area contributed by atoms with Gasteiger partial charge in [0.05, 0.1) is 5.69 Å². The van der Waals surface area contributed by atoms with Gasteiger partial charge in [-0.05, 0) is 42.7 Å². The Morgan fingerprint density at radius 1 is 1.07 bits per heavy atom. The molecular formula is C20H17F3N4O2. The van der Waals surface area contributed by atoms with Gasteiger partial charge in [-0.15, -0.1) is 13.2 Å². The Morgan fingerprint density at radius 3 is 2.52 bits per heavy atom. The number of aryl methyl sites for hydroxylation is 2. The molecule has 3 heterocycles. The first-order valence-corrected chi connectivity index (χ1v) is 8.97. The SMILES string of the molecule is CCc1nc2ccc(C)cn2c1-c1nc(Cc2ccc(OC(F)(F)F)cc2)no1. The van der Waals surface area contributed by atoms with Crippen molar-refractivity contribution >= 4 is 5.65 Å². The highest BCUT2D eigenvalue weighted by Crippen LogP contribution is 2.26. The summed E-state index contributed by atoms with van der Waals surface area (Å²) < 4.78 is 48.1. The summed E-state index contributed by atoms with van der Waals surface area (Å²) in [6.45, 7) is 3.99. The van der Waals surface area contributed by atoms with E-state index < -0.39 is 6.36 Å². The maximum atomic E-state index is 12.3. The highest BCUT2D eigenvalue weighted by atomic mass is 19.4. The highest BCUT2D eigenvalue weighted by molar-refractivity contribution is 5.60. The van der Waals surface area contributed by atoms with E-state index in [0.717, 1.165) is 28.2 Å². The van der Waals surface area contributed by atoms with Gasteiger partial charge >= 0.3 is 6.36 Å². The molecule has 0 N–H and O–H groups in total. The molecule has 150 valence electrons. The lowest BCUT2D eigenvalue weighted by Crippen LogP contribution is -2.17. The van der Waals surface area contributed by atoms with Gasteiger partial charge in [-0.2, -0.15) is 4.98 Å². The molecular weight excluding hydrogens is 385 g/mol. The van der Waals surface area contributed by atoms with Gasteiger partial charge in [0.25, 0.3) is 5.89 Å². The van der Waals surface area contributed by atoms with Crippen molar-refractivity contribution in [3.8, 4) is 17.3 Å². The fourth-order valence-corrected chi connectivity index (χ4v) is 3.09. The first-order chi connectivity index (χ1) is 13.8. The third kappa shape index (κ3) is 4.08. The third-order valence-electron chi connectivity index (χ3n) is 4.36. The maximum absolute atomic E-state index is 12.3. The Labute approximate surface area is 164 Å². The van der Waals surface area contributed by atoms with Gasteiger partial charge < -0.3 is 9.26 Å². The topological polar surface area (TPSA) is 65.5 Å². The quantitative estimate of drug-likeness (QED) is 0.482. The van der Waals surface area contributed by atoms with Crippen LogP contribution in [0.5, 0.6) is 5.75 Å². The van der Waals surface area contributed by atoms with E-state index in [0.29, 0.717) is 24.6 Å². The Bertz CT molecular complexity index is 1150. The van der Waals surface area contributed by atoms with Gasteiger partial charge in [0, 0.05) is 12.6 Å². The zero-order valence-electron chi connectivity index (χ0n) is 15.7. The molecule has 0 unspecified atom stereocenters. The van der Waals surface area contributed by atoms with Crippen LogP contribution in [0.15, 0.2) is 47.1 Å². The summed E-state index contributed by atoms with van der Waals surface area (Å²) in [5.41, 5.74) is 4.19. The lowest BCUT2D eigenvalue weighted by molar-refractivity contribution is -0.274. The van der Waals surface area contributed by atoms with Crippen molar-refractivity contribution in [2.45, 2.75) is 33.1 Å². The number of rotatable bonds is 5. The summed E-state index contributed by atoms with van der Waals surface area (Å²) in [5.74, 6) is 0.504. The summed E-state index contributed by atoms with van der Waals surface area (Å²) in [6.07, 6.45) is -1.74. The number of benzene rings is 1. The van der Waals surface area contributed by atoms with E-state index >= 15 is 0 Å². The number of aromatic nitrogens is 4. The zero-order chi connectivity index (χ0) is 20.6. The Hall–Kier alpha value is -3.36. The number of alkyl halides is 3. The molecule has 0 amide bonds. The summed E-state index contributed by atoms with van der Waals surface area (Å²) in [6, 6.07) is 9.49. The van der Waals surface area contributed by atoms with Crippen LogP contribution in [0.25, 0.3) is 17.2 Å². The second kappa shape index (κ2) is 7.23. The van der Waals surface area contributed by atoms with Crippen LogP contribution in [0.4, 0.5) is 13.2 Å². The van der Waals surface area contributed by atoms with Crippen LogP contribution in [0.2, 0.25) is 0 Å². The molecule has 0 bridgehead atoms. The van der Waals surface area contributed by atoms with Crippen LogP contribution in [0, 0.1) is 6.92 Å². The van der Waals surface area contributed by atoms with Crippen LogP contribution in [-0.4, -0.2) is 25.9 Å². The first kappa shape index (κ1) is 19.0. The minimum Gasteiger partial charge on any atom is -0.406 e. The van der Waals surface area contributed by atoms with Crippen molar-refractivity contribution in [1.29, 1.82) is 0 Å². The molecule has 4 aromatic rings. The van der Waals surface area contributed by atoms with E-state index in [2.05, 4.69) is 19.9 Å². The number of fused-ring (bicyclic) bond motifs is 1. The second-order valence-electron chi connectivity index (χ2n) is 6.58. The number of hydrogen-bond donors (Lipinski definition) is 0. The molecule has 0 radical (unpaired) electrons. The summed E-state index contributed by atoms with van der Waals surface area (Å²) >= 11 is 0. The van der Waals surface area contributed by atoms with E-state index in [1.165, 1.54) is 24.3 Å². The fraction of sp³-hybridized carbons (Fsp3) is 0.250. The van der Waals surface area contributed by atoms with Crippen LogP contribution >= 0.6 is 0 Å². The van der Waals surface area contributed by atoms with Gasteiger partial charge in [0.1, 0.15) is 17.1 Å². The first-order valence-electron chi connectivity index (χ1n) is 8.97. The van der Waals surface area contributed by atoms with Crippen LogP contribution < -0.4 is 4.74 Å². The molecule has 9 heteroatoms. The molecule has 0 aliphatic heterocycles. The van der Waals surface area contributed by atoms with Crippen LogP contribution in [-0.2, 0) is 12.8 Å². The average Bonchev–Trinajstić information content (AvgIpc) is 3.25. The number of nitrogens with zero attached hydrogens (tertiary/aromatic N) is 4. The third-order valence-corrected chi connectivity index (χ3v) is 4.36. The number of imidazole rings is 1. The normalized spacial score (nSPS) is 11.9. The van der Waals surface area contributed by atoms with Crippen LogP contribution in [0.1, 0.15) is 29.6 Å². The molecule has 29 heavy (non-hydrogen) atoms. The summed E-state index contributed by atoms with van der Waals surface area (Å²) in [4.78, 5) is 9.08. The van der Waals surface area contributed by atoms with Crippen molar-refractivity contribution in [3.63, 3.8) is 0 Å². The molecule has 4 rings (SSSR count). The van der Waals surface area contributed by atoms with E-state index in [1.54, 1.807) is 0 Å². The van der Waals surface area contributed by atoms with E-state index in [1.807, 2.05) is 36.6 Å². The minimum absolute atomic E-state index is 0.274. The predicted molar refractivity (Wildman–Crippen MR) is 98.5 cm³/mol. The molecule has 3 aromatic heterocycles. The maximum Gasteiger partial charge on any atom is 0.573 e. The largest absolute Gasteiger partial charge is 0.573 e. The molecule has 0 spiro atoms. The summed E-state index contributed by atoms with van der Waals surface area (Å²) in [5, 5.41) is 4.02. The molecule has 0 saturated carbocycles. The molecule has 0 fully saturated rings. The Balaban J connectivity index is 1.59. The Kier molecular flexibility index (Phi) is 4.73. The van der Waals surface area contributed by atoms with Crippen molar-refractivity contribution in [2.75, 3.05) is 0 Å². The van der Waals surface area contributed by atoms with Gasteiger partial charge in [0.2, 0.25) is 0 Å². The van der Waals surface area contributed by atoms with Crippen molar-refractivity contribution in [3.05, 3.63) is 65.2 Å². The number of hydrogen-bond acceptors (Lipinski definition) is 5. The van der Waals surface area contributed by atoms with Gasteiger partial charge in [-0.25, -0.2) is 4.98 Å². The van der Waals surface area contributed by atoms with Gasteiger partial charge in [0.15, 0.2) is 5.82 Å². The lowest BCUT2D eigenvalue weighted by atomic mass is 10.1. The predicted octanol–water partition coefficient (Wildman–Crippen LogP) is 4.74. The van der Waals surface area contributed by atoms with E-state index in [4.69, 9.17) is 4.52 Å². The van der Waals surface area contributed by atoms with Gasteiger partial charge in [-0.3, -0.25) is 4.40 Å². The average molecular weight is 402 g/mol. The van der Waals surface area contributed by atoms with Crippen molar-refractivity contribution in [2.24, 2.45) is 0 Å². The molecule has 6 nitrogen and oxygen atoms in total. The number of ether oxygens (including phenoxy) is 1. The number of pyridine rings is 1. The van der Waals surface area contributed by atoms with E-state index in [-0.39, 0.29) is 5.75 Å². The van der Waals surface area contributed by atoms with E-state index in [9.17, 15) is 13.2 Å². The Morgan fingerprint density at radius 2 is 1.83 bits per heavy atom. The minimum atomic E-state index is -4.71. The summed E-state index contributed by atoms with van der Waals surface area (Å²) in [7, 11) is 0. The monoisotopic (exact) mass is 402 g/mol. The fourth-order valence-electron chi connectivity index (χ4n) is 3.09. The zero-order valence-corrected chi connectivity index (χ0v) is 15.7. The molecule has 0 aliphatic rings. The molecule has 0 saturated heterocycles. The standard InChI is InChI=1S/C20H17F3N4O2/c1-3-15-18(27-11-12(2)4-9-17(27)24-15)19-25-16(26-29-19)10-13-5-7-14(8-6-13)28-20(21,22)23/h4-9,11H,3,10H2,1-2H3. The van der Waals surface area contributed by atoms with Gasteiger partial charge in [-0.1, -0.05) is 30.3 Å². The molecule has 0 atom stereocenters. The van der Waals surface area contributed by atoms with Crippen LogP contribution in [0.3, 0.4) is 0 Å². The molecule has 0 aliphatic carbocycles. The van der Waals surface area contributed by atoms with Crippen molar-refractivity contribution in [1.82, 2.24) is 19.5 Å². The second-order valence-corrected chi connectivity index (χ2v) is 6.58. The smallest absolute Gasteiger partial charge is 0.406 e. The lowest BCUT2D eigenvalue weighted by Gasteiger charge is -2.08. The molecule has 1 aromatic carbocycles. The highest BCUT2D eigenvalue weighted by Gasteiger charge is 2.31.